The normalized spacial score (nSPS) is 16.0. The molecule has 128 valence electrons. The van der Waals surface area contributed by atoms with Crippen molar-refractivity contribution in [1.29, 1.82) is 0 Å². The first-order valence-electron chi connectivity index (χ1n) is 7.41. The molecule has 1 aromatic carbocycles. The Bertz CT molecular complexity index is 912. The van der Waals surface area contributed by atoms with Crippen LogP contribution in [0, 0.1) is 6.92 Å². The zero-order valence-corrected chi connectivity index (χ0v) is 14.7. The molecule has 0 bridgehead atoms. The highest BCUT2D eigenvalue weighted by Crippen LogP contribution is 2.33. The van der Waals surface area contributed by atoms with Crippen LogP contribution in [0.15, 0.2) is 39.7 Å². The molecule has 0 unspecified atom stereocenters. The number of thioether (sulfide) groups is 1. The minimum Gasteiger partial charge on any atom is -0.465 e. The van der Waals surface area contributed by atoms with Gasteiger partial charge in [0.1, 0.15) is 11.5 Å². The van der Waals surface area contributed by atoms with Crippen LogP contribution in [0.3, 0.4) is 0 Å². The average molecular weight is 357 g/mol. The van der Waals surface area contributed by atoms with Crippen LogP contribution in [0.2, 0.25) is 0 Å². The van der Waals surface area contributed by atoms with Crippen molar-refractivity contribution in [2.75, 3.05) is 14.2 Å². The van der Waals surface area contributed by atoms with E-state index in [1.807, 2.05) is 13.0 Å². The van der Waals surface area contributed by atoms with E-state index >= 15 is 0 Å². The van der Waals surface area contributed by atoms with Gasteiger partial charge in [-0.2, -0.15) is 0 Å². The number of esters is 1. The molecule has 0 N–H and O–H groups in total. The monoisotopic (exact) mass is 357 g/mol. The maximum Gasteiger partial charge on any atom is 0.337 e. The van der Waals surface area contributed by atoms with Gasteiger partial charge in [0.25, 0.3) is 11.1 Å². The van der Waals surface area contributed by atoms with Gasteiger partial charge in [0, 0.05) is 18.7 Å². The Morgan fingerprint density at radius 3 is 2.64 bits per heavy atom. The molecule has 0 saturated carbocycles. The Morgan fingerprint density at radius 2 is 2.00 bits per heavy atom. The number of hydrogen-bond donors (Lipinski definition) is 0. The highest BCUT2D eigenvalue weighted by molar-refractivity contribution is 8.18. The lowest BCUT2D eigenvalue weighted by Gasteiger charge is -2.05. The number of ether oxygens (including phenoxy) is 1. The first-order chi connectivity index (χ1) is 11.9. The van der Waals surface area contributed by atoms with Crippen LogP contribution in [-0.4, -0.2) is 36.2 Å². The molecule has 25 heavy (non-hydrogen) atoms. The zero-order valence-electron chi connectivity index (χ0n) is 13.9. The van der Waals surface area contributed by atoms with Crippen molar-refractivity contribution in [1.82, 2.24) is 4.90 Å². The Morgan fingerprint density at radius 1 is 1.24 bits per heavy atom. The molecule has 0 aliphatic carbocycles. The molecule has 1 aliphatic heterocycles. The Labute approximate surface area is 148 Å². The number of nitrogens with zero attached hydrogens (tertiary/aromatic N) is 1. The molecule has 2 aromatic rings. The van der Waals surface area contributed by atoms with E-state index < -0.39 is 5.97 Å². The second kappa shape index (κ2) is 6.60. The van der Waals surface area contributed by atoms with Gasteiger partial charge in [-0.3, -0.25) is 14.5 Å². The van der Waals surface area contributed by atoms with Crippen molar-refractivity contribution >= 4 is 35.0 Å². The minimum atomic E-state index is -0.426. The van der Waals surface area contributed by atoms with Gasteiger partial charge in [0.2, 0.25) is 0 Å². The Balaban J connectivity index is 1.93. The predicted octanol–water partition coefficient (Wildman–Crippen LogP) is 3.71. The number of imide groups is 1. The first-order valence-corrected chi connectivity index (χ1v) is 8.23. The summed E-state index contributed by atoms with van der Waals surface area (Å²) in [5.74, 6) is 0.239. The van der Waals surface area contributed by atoms with E-state index in [1.54, 1.807) is 24.3 Å². The third-order valence-corrected chi connectivity index (χ3v) is 4.77. The molecule has 7 heteroatoms. The van der Waals surface area contributed by atoms with E-state index in [2.05, 4.69) is 0 Å². The van der Waals surface area contributed by atoms with Crippen molar-refractivity contribution in [3.8, 4) is 11.3 Å². The maximum absolute atomic E-state index is 11.9. The summed E-state index contributed by atoms with van der Waals surface area (Å²) in [6.45, 7) is 1.90. The third-order valence-electron chi connectivity index (χ3n) is 3.81. The second-order valence-corrected chi connectivity index (χ2v) is 6.46. The number of carbonyl (C=O) groups is 3. The fraction of sp³-hybridized carbons (Fsp3) is 0.167. The van der Waals surface area contributed by atoms with E-state index in [0.29, 0.717) is 22.0 Å². The summed E-state index contributed by atoms with van der Waals surface area (Å²) >= 11 is 0.872. The van der Waals surface area contributed by atoms with Gasteiger partial charge in [0.15, 0.2) is 0 Å². The predicted molar refractivity (Wildman–Crippen MR) is 94.0 cm³/mol. The number of aryl methyl sites for hydroxylation is 1. The molecule has 2 heterocycles. The van der Waals surface area contributed by atoms with E-state index in [-0.39, 0.29) is 11.1 Å². The lowest BCUT2D eigenvalue weighted by molar-refractivity contribution is -0.121. The van der Waals surface area contributed by atoms with Gasteiger partial charge < -0.3 is 9.15 Å². The molecule has 1 aliphatic rings. The van der Waals surface area contributed by atoms with E-state index in [9.17, 15) is 14.4 Å². The Kier molecular flexibility index (Phi) is 4.50. The lowest BCUT2D eigenvalue weighted by atomic mass is 10.0. The summed E-state index contributed by atoms with van der Waals surface area (Å²) in [5, 5.41) is -0.315. The van der Waals surface area contributed by atoms with Crippen molar-refractivity contribution < 1.29 is 23.5 Å². The van der Waals surface area contributed by atoms with Crippen LogP contribution >= 0.6 is 11.8 Å². The zero-order chi connectivity index (χ0) is 18.1. The Hall–Kier alpha value is -2.80. The molecule has 6 nitrogen and oxygen atoms in total. The van der Waals surface area contributed by atoms with Gasteiger partial charge in [0.05, 0.1) is 17.6 Å². The van der Waals surface area contributed by atoms with Crippen LogP contribution in [0.1, 0.15) is 21.7 Å². The highest BCUT2D eigenvalue weighted by atomic mass is 32.2. The van der Waals surface area contributed by atoms with Crippen LogP contribution < -0.4 is 0 Å². The maximum atomic E-state index is 11.9. The van der Waals surface area contributed by atoms with Crippen molar-refractivity contribution in [2.45, 2.75) is 6.92 Å². The third kappa shape index (κ3) is 3.23. The number of carbonyl (C=O) groups excluding carboxylic acids is 3. The average Bonchev–Trinajstić information content (AvgIpc) is 3.16. The summed E-state index contributed by atoms with van der Waals surface area (Å²) in [4.78, 5) is 36.5. The van der Waals surface area contributed by atoms with Gasteiger partial charge in [-0.05, 0) is 48.5 Å². The summed E-state index contributed by atoms with van der Waals surface area (Å²) in [5.41, 5.74) is 2.11. The van der Waals surface area contributed by atoms with Crippen molar-refractivity contribution in [2.24, 2.45) is 0 Å². The molecular weight excluding hydrogens is 342 g/mol. The number of methoxy groups -OCH3 is 1. The lowest BCUT2D eigenvalue weighted by Crippen LogP contribution is -2.22. The number of benzene rings is 1. The molecule has 0 atom stereocenters. The molecule has 2 amide bonds. The smallest absolute Gasteiger partial charge is 0.337 e. The van der Waals surface area contributed by atoms with Crippen molar-refractivity contribution in [3.05, 3.63) is 52.1 Å². The number of amides is 2. The van der Waals surface area contributed by atoms with Gasteiger partial charge in [-0.15, -0.1) is 0 Å². The number of furan rings is 1. The van der Waals surface area contributed by atoms with Gasteiger partial charge >= 0.3 is 5.97 Å². The number of likely N-dealkylation sites (N-methyl/N-ethyl adjacent to an activating group) is 1. The topological polar surface area (TPSA) is 76.8 Å². The summed E-state index contributed by atoms with van der Waals surface area (Å²) in [7, 11) is 2.77. The molecule has 0 radical (unpaired) electrons. The quantitative estimate of drug-likeness (QED) is 0.616. The standard InChI is InChI=1S/C18H15NO5S/c1-10-4-5-11(17(21)23-3)8-13(10)14-7-6-12(24-14)9-15-16(20)19(2)18(22)25-15/h4-9H,1-3H3/b15-9-. The molecule has 1 aromatic heterocycles. The summed E-state index contributed by atoms with van der Waals surface area (Å²) in [6, 6.07) is 8.66. The fourth-order valence-electron chi connectivity index (χ4n) is 2.38. The molecular formula is C18H15NO5S. The van der Waals surface area contributed by atoms with Crippen LogP contribution in [-0.2, 0) is 9.53 Å². The highest BCUT2D eigenvalue weighted by Gasteiger charge is 2.32. The summed E-state index contributed by atoms with van der Waals surface area (Å²) in [6.07, 6.45) is 1.54. The van der Waals surface area contributed by atoms with Crippen LogP contribution in [0.4, 0.5) is 4.79 Å². The van der Waals surface area contributed by atoms with Crippen LogP contribution in [0.25, 0.3) is 17.4 Å². The SMILES string of the molecule is COC(=O)c1ccc(C)c(-c2ccc(/C=C3\SC(=O)N(C)C3=O)o2)c1. The van der Waals surface area contributed by atoms with Gasteiger partial charge in [-0.1, -0.05) is 6.07 Å². The number of hydrogen-bond acceptors (Lipinski definition) is 6. The second-order valence-electron chi connectivity index (χ2n) is 5.46. The van der Waals surface area contributed by atoms with Crippen LogP contribution in [0.5, 0.6) is 0 Å². The van der Waals surface area contributed by atoms with Crippen molar-refractivity contribution in [3.63, 3.8) is 0 Å². The molecule has 3 rings (SSSR count). The summed E-state index contributed by atoms with van der Waals surface area (Å²) < 4.78 is 10.5. The minimum absolute atomic E-state index is 0.313. The molecule has 0 spiro atoms. The van der Waals surface area contributed by atoms with E-state index in [0.717, 1.165) is 27.8 Å². The van der Waals surface area contributed by atoms with Gasteiger partial charge in [-0.25, -0.2) is 4.79 Å². The van der Waals surface area contributed by atoms with E-state index in [4.69, 9.17) is 9.15 Å². The number of rotatable bonds is 3. The van der Waals surface area contributed by atoms with E-state index in [1.165, 1.54) is 20.2 Å². The molecule has 1 fully saturated rings. The fourth-order valence-corrected chi connectivity index (χ4v) is 3.19. The largest absolute Gasteiger partial charge is 0.465 e. The molecule has 1 saturated heterocycles. The first kappa shape index (κ1) is 17.0.